The Hall–Kier alpha value is -2.06. The van der Waals surface area contributed by atoms with Gasteiger partial charge in [0.25, 0.3) is 5.69 Å². The fraction of sp³-hybridized carbons (Fsp3) is 0. The number of hydrogen-bond donors (Lipinski definition) is 0. The maximum Gasteiger partial charge on any atom is 0.269 e. The summed E-state index contributed by atoms with van der Waals surface area (Å²) >= 11 is 18.1. The molecule has 0 heterocycles. The van der Waals surface area contributed by atoms with Crippen molar-refractivity contribution in [2.45, 2.75) is 0 Å². The lowest BCUT2D eigenvalue weighted by Gasteiger charge is -2.05. The Balaban J connectivity index is 2.51. The quantitative estimate of drug-likeness (QED) is 0.236. The van der Waals surface area contributed by atoms with Gasteiger partial charge >= 0.3 is 0 Å². The highest BCUT2D eigenvalue weighted by atomic mass is 35.5. The van der Waals surface area contributed by atoms with E-state index < -0.39 is 4.92 Å². The number of hydrogen-bond acceptors (Lipinski definition) is 3. The molecule has 0 N–H and O–H groups in total. The summed E-state index contributed by atoms with van der Waals surface area (Å²) in [5.41, 5.74) is 1.15. The van der Waals surface area contributed by atoms with Crippen LogP contribution < -0.4 is 0 Å². The van der Waals surface area contributed by atoms with Crippen molar-refractivity contribution < 1.29 is 4.92 Å². The van der Waals surface area contributed by atoms with Gasteiger partial charge in [0, 0.05) is 22.7 Å². The van der Waals surface area contributed by atoms with Crippen LogP contribution in [-0.4, -0.2) is 4.92 Å². The molecule has 4 nitrogen and oxygen atoms in total. The topological polar surface area (TPSA) is 66.9 Å². The normalized spacial score (nSPS) is 11.1. The Kier molecular flexibility index (Phi) is 5.04. The average molecular weight is 354 g/mol. The molecule has 0 unspecified atom stereocenters. The summed E-state index contributed by atoms with van der Waals surface area (Å²) in [6.07, 6.45) is 1.50. The van der Waals surface area contributed by atoms with Crippen LogP contribution in [0.1, 0.15) is 11.1 Å². The molecule has 0 aromatic heterocycles. The summed E-state index contributed by atoms with van der Waals surface area (Å²) in [7, 11) is 0. The zero-order valence-electron chi connectivity index (χ0n) is 10.9. The second-order valence-electron chi connectivity index (χ2n) is 4.23. The van der Waals surface area contributed by atoms with Crippen LogP contribution >= 0.6 is 34.8 Å². The van der Waals surface area contributed by atoms with E-state index in [-0.39, 0.29) is 16.3 Å². The second-order valence-corrected chi connectivity index (χ2v) is 5.42. The van der Waals surface area contributed by atoms with Gasteiger partial charge in [0.2, 0.25) is 0 Å². The first-order valence-electron chi connectivity index (χ1n) is 5.94. The Bertz CT molecular complexity index is 809. The molecular weight excluding hydrogens is 347 g/mol. The Morgan fingerprint density at radius 1 is 1.09 bits per heavy atom. The SMILES string of the molecule is N#CC(=Cc1c(Cl)ccc(Cl)c1Cl)c1ccc([N+](=O)[O-])cc1. The van der Waals surface area contributed by atoms with E-state index in [1.165, 1.54) is 30.3 Å². The maximum atomic E-state index is 10.6. The second kappa shape index (κ2) is 6.80. The van der Waals surface area contributed by atoms with Crippen LogP contribution in [0.25, 0.3) is 11.6 Å². The van der Waals surface area contributed by atoms with Crippen molar-refractivity contribution in [3.05, 3.63) is 72.7 Å². The van der Waals surface area contributed by atoms with Gasteiger partial charge in [-0.15, -0.1) is 0 Å². The summed E-state index contributed by atoms with van der Waals surface area (Å²) in [4.78, 5) is 10.1. The summed E-state index contributed by atoms with van der Waals surface area (Å²) in [5, 5.41) is 20.9. The van der Waals surface area contributed by atoms with E-state index in [1.807, 2.05) is 6.07 Å². The minimum Gasteiger partial charge on any atom is -0.258 e. The Morgan fingerprint density at radius 2 is 1.68 bits per heavy atom. The summed E-state index contributed by atoms with van der Waals surface area (Å²) in [6.45, 7) is 0. The fourth-order valence-electron chi connectivity index (χ4n) is 1.76. The number of rotatable bonds is 3. The third-order valence-electron chi connectivity index (χ3n) is 2.88. The number of benzene rings is 2. The Morgan fingerprint density at radius 3 is 2.23 bits per heavy atom. The molecule has 110 valence electrons. The van der Waals surface area contributed by atoms with Crippen molar-refractivity contribution in [1.29, 1.82) is 5.26 Å². The number of non-ortho nitro benzene ring substituents is 1. The van der Waals surface area contributed by atoms with Crippen LogP contribution in [0.5, 0.6) is 0 Å². The first kappa shape index (κ1) is 16.3. The van der Waals surface area contributed by atoms with Gasteiger partial charge in [0.05, 0.1) is 26.6 Å². The highest BCUT2D eigenvalue weighted by Crippen LogP contribution is 2.34. The van der Waals surface area contributed by atoms with Crippen LogP contribution in [0.3, 0.4) is 0 Å². The molecule has 2 aromatic rings. The van der Waals surface area contributed by atoms with Crippen LogP contribution in [0.15, 0.2) is 36.4 Å². The standard InChI is InChI=1S/C15H7Cl3N2O2/c16-13-5-6-14(17)15(18)12(13)7-10(8-19)9-1-3-11(4-2-9)20(21)22/h1-7H. The summed E-state index contributed by atoms with van der Waals surface area (Å²) in [6, 6.07) is 10.8. The number of nitro benzene ring substituents is 1. The molecule has 0 bridgehead atoms. The smallest absolute Gasteiger partial charge is 0.258 e. The first-order chi connectivity index (χ1) is 10.4. The molecule has 0 aliphatic rings. The molecule has 0 aliphatic heterocycles. The van der Waals surface area contributed by atoms with E-state index in [0.29, 0.717) is 21.2 Å². The van der Waals surface area contributed by atoms with Gasteiger partial charge in [-0.25, -0.2) is 0 Å². The zero-order valence-corrected chi connectivity index (χ0v) is 13.2. The van der Waals surface area contributed by atoms with E-state index in [4.69, 9.17) is 34.8 Å². The van der Waals surface area contributed by atoms with E-state index in [0.717, 1.165) is 0 Å². The van der Waals surface area contributed by atoms with Crippen molar-refractivity contribution in [2.75, 3.05) is 0 Å². The fourth-order valence-corrected chi connectivity index (χ4v) is 2.41. The molecule has 0 atom stereocenters. The Labute approximate surface area is 141 Å². The van der Waals surface area contributed by atoms with Gasteiger partial charge in [-0.3, -0.25) is 10.1 Å². The lowest BCUT2D eigenvalue weighted by Crippen LogP contribution is -1.89. The van der Waals surface area contributed by atoms with Crippen LogP contribution in [0, 0.1) is 21.4 Å². The minimum atomic E-state index is -0.510. The number of nitro groups is 1. The van der Waals surface area contributed by atoms with E-state index in [2.05, 4.69) is 0 Å². The number of nitriles is 1. The predicted molar refractivity (Wildman–Crippen MR) is 88.1 cm³/mol. The number of nitrogens with zero attached hydrogens (tertiary/aromatic N) is 2. The van der Waals surface area contributed by atoms with Crippen LogP contribution in [-0.2, 0) is 0 Å². The third kappa shape index (κ3) is 3.40. The van der Waals surface area contributed by atoms with Gasteiger partial charge in [-0.05, 0) is 35.9 Å². The van der Waals surface area contributed by atoms with E-state index >= 15 is 0 Å². The van der Waals surface area contributed by atoms with E-state index in [9.17, 15) is 15.4 Å². The highest BCUT2D eigenvalue weighted by molar-refractivity contribution is 6.44. The van der Waals surface area contributed by atoms with E-state index in [1.54, 1.807) is 12.1 Å². The van der Waals surface area contributed by atoms with Gasteiger partial charge in [-0.1, -0.05) is 34.8 Å². The third-order valence-corrected chi connectivity index (χ3v) is 4.03. The van der Waals surface area contributed by atoms with Crippen molar-refractivity contribution in [1.82, 2.24) is 0 Å². The van der Waals surface area contributed by atoms with Crippen LogP contribution in [0.4, 0.5) is 5.69 Å². The predicted octanol–water partition coefficient (Wildman–Crippen LogP) is 5.62. The number of allylic oxidation sites excluding steroid dienone is 1. The summed E-state index contributed by atoms with van der Waals surface area (Å²) < 4.78 is 0. The molecular formula is C15H7Cl3N2O2. The van der Waals surface area contributed by atoms with Crippen molar-refractivity contribution in [3.8, 4) is 6.07 Å². The van der Waals surface area contributed by atoms with Gasteiger partial charge in [0.15, 0.2) is 0 Å². The maximum absolute atomic E-state index is 10.6. The van der Waals surface area contributed by atoms with Crippen molar-refractivity contribution in [2.24, 2.45) is 0 Å². The van der Waals surface area contributed by atoms with Gasteiger partial charge in [0.1, 0.15) is 0 Å². The molecule has 0 saturated heterocycles. The molecule has 0 radical (unpaired) electrons. The lowest BCUT2D eigenvalue weighted by molar-refractivity contribution is -0.384. The monoisotopic (exact) mass is 352 g/mol. The zero-order chi connectivity index (χ0) is 16.3. The summed E-state index contributed by atoms with van der Waals surface area (Å²) in [5.74, 6) is 0. The molecule has 0 amide bonds. The molecule has 0 saturated carbocycles. The van der Waals surface area contributed by atoms with Crippen molar-refractivity contribution in [3.63, 3.8) is 0 Å². The lowest BCUT2D eigenvalue weighted by atomic mass is 10.0. The minimum absolute atomic E-state index is 0.0557. The van der Waals surface area contributed by atoms with Crippen molar-refractivity contribution >= 4 is 52.1 Å². The largest absolute Gasteiger partial charge is 0.269 e. The van der Waals surface area contributed by atoms with Crippen LogP contribution in [0.2, 0.25) is 15.1 Å². The molecule has 0 aliphatic carbocycles. The molecule has 0 spiro atoms. The molecule has 2 rings (SSSR count). The molecule has 22 heavy (non-hydrogen) atoms. The van der Waals surface area contributed by atoms with Gasteiger partial charge < -0.3 is 0 Å². The first-order valence-corrected chi connectivity index (χ1v) is 7.07. The highest BCUT2D eigenvalue weighted by Gasteiger charge is 2.11. The van der Waals surface area contributed by atoms with Gasteiger partial charge in [-0.2, -0.15) is 5.26 Å². The molecule has 7 heteroatoms. The molecule has 0 fully saturated rings. The number of halogens is 3. The molecule has 2 aromatic carbocycles. The average Bonchev–Trinajstić information content (AvgIpc) is 2.51.